The van der Waals surface area contributed by atoms with Crippen LogP contribution in [0.3, 0.4) is 0 Å². The maximum absolute atomic E-state index is 13.9. The number of aliphatic hydroxyl groups excluding tert-OH is 1. The number of rotatable bonds is 12. The van der Waals surface area contributed by atoms with Gasteiger partial charge in [0.05, 0.1) is 27.6 Å². The fraction of sp³-hybridized carbons (Fsp3) is 0.324. The number of furan rings is 1. The molecule has 6 rings (SSSR count). The van der Waals surface area contributed by atoms with Gasteiger partial charge in [0.15, 0.2) is 5.82 Å². The molecule has 0 bridgehead atoms. The number of piperidine rings is 1. The average Bonchev–Trinajstić information content (AvgIpc) is 3.72. The summed E-state index contributed by atoms with van der Waals surface area (Å²) >= 11 is 12.6. The van der Waals surface area contributed by atoms with Crippen LogP contribution in [-0.4, -0.2) is 69.4 Å². The maximum Gasteiger partial charge on any atom is 0.253 e. The van der Waals surface area contributed by atoms with E-state index >= 15 is 0 Å². The molecule has 1 N–H and O–H groups in total. The van der Waals surface area contributed by atoms with E-state index in [1.54, 1.807) is 11.0 Å². The van der Waals surface area contributed by atoms with Crippen molar-refractivity contribution in [2.45, 2.75) is 38.3 Å². The standard InChI is InChI=1S/C37H38Cl2N4O4/c1-41(37(46)26-7-3-2-4-8-26)22-28(27-11-14-31(38)32(39)21-27)17-20-42-18-15-25(16-19-42)35(45)36-40-33-9-5-6-10-34(33)43(36)23-29-12-13-30(24-44)47-29/h2-14,21,25,28,44H,15-20,22-24H2,1H3. The van der Waals surface area contributed by atoms with E-state index in [-0.39, 0.29) is 30.1 Å². The number of ketones is 1. The van der Waals surface area contributed by atoms with E-state index < -0.39 is 0 Å². The number of hydrogen-bond acceptors (Lipinski definition) is 6. The lowest BCUT2D eigenvalue weighted by atomic mass is 9.90. The van der Waals surface area contributed by atoms with Gasteiger partial charge < -0.3 is 23.9 Å². The Morgan fingerprint density at radius 3 is 2.40 bits per heavy atom. The van der Waals surface area contributed by atoms with Crippen molar-refractivity contribution in [1.82, 2.24) is 19.4 Å². The van der Waals surface area contributed by atoms with Crippen LogP contribution in [0.5, 0.6) is 0 Å². The molecule has 3 aromatic carbocycles. The van der Waals surface area contributed by atoms with Gasteiger partial charge in [0.25, 0.3) is 5.91 Å². The molecule has 1 aliphatic heterocycles. The predicted molar refractivity (Wildman–Crippen MR) is 184 cm³/mol. The van der Waals surface area contributed by atoms with Crippen molar-refractivity contribution in [2.24, 2.45) is 5.92 Å². The van der Waals surface area contributed by atoms with Crippen molar-refractivity contribution in [3.05, 3.63) is 123 Å². The number of aliphatic hydroxyl groups is 1. The van der Waals surface area contributed by atoms with E-state index in [0.29, 0.717) is 46.0 Å². The minimum Gasteiger partial charge on any atom is -0.462 e. The number of Topliss-reactive ketones (excluding diaryl/α,β-unsaturated/α-hetero) is 1. The van der Waals surface area contributed by atoms with Gasteiger partial charge in [-0.05, 0) is 93.0 Å². The molecule has 0 saturated carbocycles. The highest BCUT2D eigenvalue weighted by atomic mass is 35.5. The molecule has 1 saturated heterocycles. The molecule has 1 amide bonds. The van der Waals surface area contributed by atoms with Crippen molar-refractivity contribution < 1.29 is 19.1 Å². The molecule has 0 aliphatic carbocycles. The molecule has 0 radical (unpaired) electrons. The van der Waals surface area contributed by atoms with Gasteiger partial charge in [-0.25, -0.2) is 4.98 Å². The number of halogens is 2. The first-order valence-electron chi connectivity index (χ1n) is 16.0. The maximum atomic E-state index is 13.9. The van der Waals surface area contributed by atoms with E-state index in [4.69, 9.17) is 32.6 Å². The number of carbonyl (C=O) groups is 2. The van der Waals surface area contributed by atoms with Crippen LogP contribution in [-0.2, 0) is 13.2 Å². The lowest BCUT2D eigenvalue weighted by molar-refractivity contribution is 0.0779. The van der Waals surface area contributed by atoms with Crippen LogP contribution in [0.2, 0.25) is 10.0 Å². The Kier molecular flexibility index (Phi) is 10.4. The number of carbonyl (C=O) groups excluding carboxylic acids is 2. The molecule has 2 aromatic heterocycles. The molecule has 244 valence electrons. The second-order valence-corrected chi connectivity index (χ2v) is 13.0. The Labute approximate surface area is 284 Å². The number of aromatic nitrogens is 2. The highest BCUT2D eigenvalue weighted by Gasteiger charge is 2.30. The van der Waals surface area contributed by atoms with Gasteiger partial charge in [0.1, 0.15) is 18.1 Å². The van der Waals surface area contributed by atoms with Gasteiger partial charge >= 0.3 is 0 Å². The number of likely N-dealkylation sites (N-methyl/N-ethyl adjacent to an activating group) is 1. The van der Waals surface area contributed by atoms with Gasteiger partial charge in [-0.2, -0.15) is 0 Å². The fourth-order valence-corrected chi connectivity index (χ4v) is 6.76. The molecule has 1 atom stereocenters. The summed E-state index contributed by atoms with van der Waals surface area (Å²) in [7, 11) is 1.84. The van der Waals surface area contributed by atoms with Gasteiger partial charge in [-0.3, -0.25) is 9.59 Å². The Bertz CT molecular complexity index is 1850. The van der Waals surface area contributed by atoms with E-state index in [1.165, 1.54) is 0 Å². The van der Waals surface area contributed by atoms with E-state index in [1.807, 2.05) is 90.5 Å². The predicted octanol–water partition coefficient (Wildman–Crippen LogP) is 7.32. The normalized spacial score (nSPS) is 14.8. The number of likely N-dealkylation sites (tertiary alicyclic amines) is 1. The van der Waals surface area contributed by atoms with Crippen molar-refractivity contribution in [2.75, 3.05) is 33.2 Å². The number of nitrogens with zero attached hydrogens (tertiary/aromatic N) is 4. The molecular formula is C37H38Cl2N4O4. The second-order valence-electron chi connectivity index (χ2n) is 12.2. The van der Waals surface area contributed by atoms with E-state index in [9.17, 15) is 14.7 Å². The summed E-state index contributed by atoms with van der Waals surface area (Å²) in [4.78, 5) is 36.0. The minimum absolute atomic E-state index is 0.0260. The molecule has 8 nitrogen and oxygen atoms in total. The number of hydrogen-bond donors (Lipinski definition) is 1. The third kappa shape index (κ3) is 7.63. The first-order chi connectivity index (χ1) is 22.8. The Morgan fingerprint density at radius 2 is 1.68 bits per heavy atom. The molecule has 5 aromatic rings. The minimum atomic E-state index is -0.175. The molecule has 47 heavy (non-hydrogen) atoms. The summed E-state index contributed by atoms with van der Waals surface area (Å²) in [5.74, 6) is 1.53. The summed E-state index contributed by atoms with van der Waals surface area (Å²) in [5, 5.41) is 10.4. The van der Waals surface area contributed by atoms with E-state index in [0.717, 1.165) is 55.5 Å². The SMILES string of the molecule is CN(CC(CCN1CCC(C(=O)c2nc3ccccc3n2Cc2ccc(CO)o2)CC1)c1ccc(Cl)c(Cl)c1)C(=O)c1ccccc1. The van der Waals surface area contributed by atoms with Crippen molar-refractivity contribution >= 4 is 45.9 Å². The van der Waals surface area contributed by atoms with Crippen LogP contribution in [0.25, 0.3) is 11.0 Å². The van der Waals surface area contributed by atoms with Crippen LogP contribution >= 0.6 is 23.2 Å². The lowest BCUT2D eigenvalue weighted by Crippen LogP contribution is -2.38. The van der Waals surface area contributed by atoms with Gasteiger partial charge in [-0.15, -0.1) is 0 Å². The fourth-order valence-electron chi connectivity index (χ4n) is 6.46. The monoisotopic (exact) mass is 672 g/mol. The van der Waals surface area contributed by atoms with Crippen LogP contribution in [0.4, 0.5) is 0 Å². The summed E-state index contributed by atoms with van der Waals surface area (Å²) in [6, 6.07) is 26.3. The largest absolute Gasteiger partial charge is 0.462 e. The summed E-state index contributed by atoms with van der Waals surface area (Å²) < 4.78 is 7.68. The Morgan fingerprint density at radius 1 is 0.957 bits per heavy atom. The number of fused-ring (bicyclic) bond motifs is 1. The molecular weight excluding hydrogens is 635 g/mol. The van der Waals surface area contributed by atoms with Crippen LogP contribution in [0.1, 0.15) is 63.2 Å². The third-order valence-corrected chi connectivity index (χ3v) is 9.83. The van der Waals surface area contributed by atoms with Gasteiger partial charge in [-0.1, -0.05) is 59.6 Å². The van der Waals surface area contributed by atoms with Gasteiger partial charge in [0, 0.05) is 31.0 Å². The Balaban J connectivity index is 1.12. The third-order valence-electron chi connectivity index (χ3n) is 9.09. The zero-order valence-electron chi connectivity index (χ0n) is 26.3. The molecule has 10 heteroatoms. The molecule has 3 heterocycles. The topological polar surface area (TPSA) is 91.8 Å². The van der Waals surface area contributed by atoms with Gasteiger partial charge in [0.2, 0.25) is 5.78 Å². The first kappa shape index (κ1) is 33.0. The smallest absolute Gasteiger partial charge is 0.253 e. The number of amides is 1. The highest BCUT2D eigenvalue weighted by molar-refractivity contribution is 6.42. The molecule has 1 fully saturated rings. The number of benzene rings is 3. The highest BCUT2D eigenvalue weighted by Crippen LogP contribution is 2.31. The molecule has 1 aliphatic rings. The number of para-hydroxylation sites is 2. The summed E-state index contributed by atoms with van der Waals surface area (Å²) in [6.45, 7) is 3.13. The quantitative estimate of drug-likeness (QED) is 0.140. The Hall–Kier alpha value is -3.95. The summed E-state index contributed by atoms with van der Waals surface area (Å²) in [6.07, 6.45) is 2.29. The second kappa shape index (κ2) is 14.9. The van der Waals surface area contributed by atoms with Crippen molar-refractivity contribution in [3.63, 3.8) is 0 Å². The molecule has 0 spiro atoms. The van der Waals surface area contributed by atoms with Crippen LogP contribution in [0, 0.1) is 5.92 Å². The first-order valence-corrected chi connectivity index (χ1v) is 16.7. The average molecular weight is 674 g/mol. The van der Waals surface area contributed by atoms with Crippen molar-refractivity contribution in [3.8, 4) is 0 Å². The lowest BCUT2D eigenvalue weighted by Gasteiger charge is -2.33. The van der Waals surface area contributed by atoms with Crippen LogP contribution in [0.15, 0.2) is 89.3 Å². The van der Waals surface area contributed by atoms with Crippen LogP contribution < -0.4 is 0 Å². The molecule has 1 unspecified atom stereocenters. The van der Waals surface area contributed by atoms with E-state index in [2.05, 4.69) is 4.90 Å². The number of imidazole rings is 1. The zero-order valence-corrected chi connectivity index (χ0v) is 27.8. The summed E-state index contributed by atoms with van der Waals surface area (Å²) in [5.41, 5.74) is 3.34. The van der Waals surface area contributed by atoms with Crippen molar-refractivity contribution in [1.29, 1.82) is 0 Å². The zero-order chi connectivity index (χ0) is 32.9.